The Bertz CT molecular complexity index is 321. The summed E-state index contributed by atoms with van der Waals surface area (Å²) in [6.45, 7) is 6.30. The Kier molecular flexibility index (Phi) is 5.36. The van der Waals surface area contributed by atoms with E-state index < -0.39 is 0 Å². The number of nitrogens with two attached hydrogens (primary N) is 1. The number of aromatic nitrogens is 2. The Hall–Kier alpha value is -1.20. The standard InChI is InChI=1S/C13H23N5/c14-5-2-1-3-8-17-9-11-18(12-10-17)13-15-6-4-7-16-13/h4,6-7H,1-3,5,8-12,14H2. The molecule has 1 saturated heterocycles. The third-order valence-electron chi connectivity index (χ3n) is 3.39. The summed E-state index contributed by atoms with van der Waals surface area (Å²) in [6.07, 6.45) is 7.28. The molecule has 0 aliphatic carbocycles. The highest BCUT2D eigenvalue weighted by molar-refractivity contribution is 5.29. The van der Waals surface area contributed by atoms with Gasteiger partial charge in [-0.15, -0.1) is 0 Å². The van der Waals surface area contributed by atoms with E-state index in [0.29, 0.717) is 0 Å². The molecular weight excluding hydrogens is 226 g/mol. The molecule has 2 heterocycles. The quantitative estimate of drug-likeness (QED) is 0.753. The van der Waals surface area contributed by atoms with E-state index in [1.807, 2.05) is 18.5 Å². The fourth-order valence-corrected chi connectivity index (χ4v) is 2.28. The number of anilines is 1. The average molecular weight is 249 g/mol. The van der Waals surface area contributed by atoms with Gasteiger partial charge >= 0.3 is 0 Å². The highest BCUT2D eigenvalue weighted by Gasteiger charge is 2.17. The number of rotatable bonds is 6. The van der Waals surface area contributed by atoms with Crippen LogP contribution in [0.15, 0.2) is 18.5 Å². The van der Waals surface area contributed by atoms with Gasteiger partial charge in [0, 0.05) is 38.6 Å². The molecule has 2 N–H and O–H groups in total. The molecule has 5 nitrogen and oxygen atoms in total. The third-order valence-corrected chi connectivity index (χ3v) is 3.39. The summed E-state index contributed by atoms with van der Waals surface area (Å²) in [5.41, 5.74) is 5.50. The van der Waals surface area contributed by atoms with Crippen LogP contribution < -0.4 is 10.6 Å². The predicted octanol–water partition coefficient (Wildman–Crippen LogP) is 0.728. The molecule has 100 valence electrons. The fourth-order valence-electron chi connectivity index (χ4n) is 2.28. The van der Waals surface area contributed by atoms with Crippen LogP contribution in [0, 0.1) is 0 Å². The normalized spacial score (nSPS) is 17.1. The molecule has 0 atom stereocenters. The summed E-state index contributed by atoms with van der Waals surface area (Å²) < 4.78 is 0. The summed E-state index contributed by atoms with van der Waals surface area (Å²) in [5.74, 6) is 0.861. The van der Waals surface area contributed by atoms with Gasteiger partial charge in [0.05, 0.1) is 0 Å². The molecule has 0 aromatic carbocycles. The Balaban J connectivity index is 1.68. The van der Waals surface area contributed by atoms with Gasteiger partial charge in [-0.25, -0.2) is 9.97 Å². The highest BCUT2D eigenvalue weighted by Crippen LogP contribution is 2.10. The number of piperazine rings is 1. The number of nitrogens with zero attached hydrogens (tertiary/aromatic N) is 4. The number of hydrogen-bond donors (Lipinski definition) is 1. The van der Waals surface area contributed by atoms with Crippen molar-refractivity contribution in [1.82, 2.24) is 14.9 Å². The van der Waals surface area contributed by atoms with E-state index in [0.717, 1.165) is 45.1 Å². The van der Waals surface area contributed by atoms with E-state index >= 15 is 0 Å². The van der Waals surface area contributed by atoms with Crippen molar-refractivity contribution in [2.75, 3.05) is 44.2 Å². The highest BCUT2D eigenvalue weighted by atomic mass is 15.3. The van der Waals surface area contributed by atoms with Crippen LogP contribution in [0.25, 0.3) is 0 Å². The smallest absolute Gasteiger partial charge is 0.225 e. The Morgan fingerprint density at radius 3 is 2.39 bits per heavy atom. The van der Waals surface area contributed by atoms with Crippen LogP contribution in [0.5, 0.6) is 0 Å². The van der Waals surface area contributed by atoms with E-state index in [1.165, 1.54) is 19.4 Å². The topological polar surface area (TPSA) is 58.3 Å². The second kappa shape index (κ2) is 7.28. The van der Waals surface area contributed by atoms with Crippen LogP contribution in [0.4, 0.5) is 5.95 Å². The van der Waals surface area contributed by atoms with Crippen molar-refractivity contribution in [2.45, 2.75) is 19.3 Å². The molecule has 1 aliphatic heterocycles. The van der Waals surface area contributed by atoms with Gasteiger partial charge in [-0.2, -0.15) is 0 Å². The van der Waals surface area contributed by atoms with E-state index in [9.17, 15) is 0 Å². The first-order valence-electron chi connectivity index (χ1n) is 6.84. The van der Waals surface area contributed by atoms with Crippen LogP contribution in [0.1, 0.15) is 19.3 Å². The summed E-state index contributed by atoms with van der Waals surface area (Å²) in [4.78, 5) is 13.4. The molecule has 1 fully saturated rings. The molecule has 0 saturated carbocycles. The minimum absolute atomic E-state index is 0.819. The SMILES string of the molecule is NCCCCCN1CCN(c2ncccn2)CC1. The van der Waals surface area contributed by atoms with Crippen molar-refractivity contribution in [2.24, 2.45) is 5.73 Å². The maximum absolute atomic E-state index is 5.50. The van der Waals surface area contributed by atoms with Gasteiger partial charge in [0.1, 0.15) is 0 Å². The predicted molar refractivity (Wildman–Crippen MR) is 73.6 cm³/mol. The minimum Gasteiger partial charge on any atom is -0.338 e. The zero-order valence-electron chi connectivity index (χ0n) is 11.0. The monoisotopic (exact) mass is 249 g/mol. The largest absolute Gasteiger partial charge is 0.338 e. The molecule has 0 bridgehead atoms. The number of unbranched alkanes of at least 4 members (excludes halogenated alkanes) is 2. The summed E-state index contributed by atoms with van der Waals surface area (Å²) in [7, 11) is 0. The van der Waals surface area contributed by atoms with Gasteiger partial charge in [0.25, 0.3) is 0 Å². The Labute approximate surface area is 109 Å². The van der Waals surface area contributed by atoms with Crippen molar-refractivity contribution in [1.29, 1.82) is 0 Å². The van der Waals surface area contributed by atoms with Crippen molar-refractivity contribution in [3.63, 3.8) is 0 Å². The molecule has 0 unspecified atom stereocenters. The van der Waals surface area contributed by atoms with Gasteiger partial charge in [0.2, 0.25) is 5.95 Å². The minimum atomic E-state index is 0.819. The van der Waals surface area contributed by atoms with Crippen LogP contribution in [-0.2, 0) is 0 Å². The van der Waals surface area contributed by atoms with Crippen LogP contribution in [0.2, 0.25) is 0 Å². The zero-order valence-corrected chi connectivity index (χ0v) is 11.0. The molecule has 5 heteroatoms. The molecule has 18 heavy (non-hydrogen) atoms. The molecule has 1 aromatic heterocycles. The van der Waals surface area contributed by atoms with E-state index in [1.54, 1.807) is 0 Å². The van der Waals surface area contributed by atoms with Crippen molar-refractivity contribution in [3.8, 4) is 0 Å². The molecule has 1 aromatic rings. The van der Waals surface area contributed by atoms with Crippen LogP contribution in [-0.4, -0.2) is 54.1 Å². The van der Waals surface area contributed by atoms with E-state index in [2.05, 4.69) is 19.8 Å². The van der Waals surface area contributed by atoms with Crippen LogP contribution >= 0.6 is 0 Å². The number of hydrogen-bond acceptors (Lipinski definition) is 5. The van der Waals surface area contributed by atoms with Crippen molar-refractivity contribution >= 4 is 5.95 Å². The molecular formula is C13H23N5. The molecule has 0 radical (unpaired) electrons. The first-order valence-corrected chi connectivity index (χ1v) is 6.84. The lowest BCUT2D eigenvalue weighted by atomic mass is 10.2. The lowest BCUT2D eigenvalue weighted by Crippen LogP contribution is -2.47. The van der Waals surface area contributed by atoms with E-state index in [4.69, 9.17) is 5.73 Å². The van der Waals surface area contributed by atoms with Gasteiger partial charge in [-0.1, -0.05) is 6.42 Å². The fraction of sp³-hybridized carbons (Fsp3) is 0.692. The van der Waals surface area contributed by atoms with Gasteiger partial charge in [0.15, 0.2) is 0 Å². The lowest BCUT2D eigenvalue weighted by Gasteiger charge is -2.34. The molecule has 0 spiro atoms. The second-order valence-corrected chi connectivity index (χ2v) is 4.73. The summed E-state index contributed by atoms with van der Waals surface area (Å²) >= 11 is 0. The van der Waals surface area contributed by atoms with Gasteiger partial charge < -0.3 is 10.6 Å². The maximum atomic E-state index is 5.50. The average Bonchev–Trinajstić information content (AvgIpc) is 2.45. The maximum Gasteiger partial charge on any atom is 0.225 e. The summed E-state index contributed by atoms with van der Waals surface area (Å²) in [5, 5.41) is 0. The van der Waals surface area contributed by atoms with E-state index in [-0.39, 0.29) is 0 Å². The third kappa shape index (κ3) is 3.92. The first kappa shape index (κ1) is 13.2. The lowest BCUT2D eigenvalue weighted by molar-refractivity contribution is 0.251. The first-order chi connectivity index (χ1) is 8.90. The van der Waals surface area contributed by atoms with Gasteiger partial charge in [-0.05, 0) is 32.0 Å². The Morgan fingerprint density at radius 2 is 1.72 bits per heavy atom. The zero-order chi connectivity index (χ0) is 12.6. The van der Waals surface area contributed by atoms with Crippen molar-refractivity contribution in [3.05, 3.63) is 18.5 Å². The van der Waals surface area contributed by atoms with Gasteiger partial charge in [-0.3, -0.25) is 4.90 Å². The molecule has 1 aliphatic rings. The summed E-state index contributed by atoms with van der Waals surface area (Å²) in [6, 6.07) is 1.86. The molecule has 0 amide bonds. The Morgan fingerprint density at radius 1 is 1.00 bits per heavy atom. The van der Waals surface area contributed by atoms with Crippen LogP contribution in [0.3, 0.4) is 0 Å². The van der Waals surface area contributed by atoms with Crippen molar-refractivity contribution < 1.29 is 0 Å². The second-order valence-electron chi connectivity index (χ2n) is 4.73. The molecule has 2 rings (SSSR count).